The summed E-state index contributed by atoms with van der Waals surface area (Å²) in [6.45, 7) is 0. The van der Waals surface area contributed by atoms with Gasteiger partial charge in [0.25, 0.3) is 5.91 Å². The summed E-state index contributed by atoms with van der Waals surface area (Å²) in [5.74, 6) is 0.511. The summed E-state index contributed by atoms with van der Waals surface area (Å²) in [4.78, 5) is 12.3. The number of ether oxygens (including phenoxy) is 1. The first-order valence-corrected chi connectivity index (χ1v) is 6.57. The van der Waals surface area contributed by atoms with Gasteiger partial charge in [0, 0.05) is 0 Å². The third-order valence-corrected chi connectivity index (χ3v) is 3.36. The molecule has 106 valence electrons. The van der Waals surface area contributed by atoms with Crippen molar-refractivity contribution in [2.45, 2.75) is 0 Å². The summed E-state index contributed by atoms with van der Waals surface area (Å²) in [5, 5.41) is 7.54. The Labute approximate surface area is 125 Å². The number of halogens is 1. The number of aromatic nitrogens is 1. The normalized spacial score (nSPS) is 10.6. The summed E-state index contributed by atoms with van der Waals surface area (Å²) >= 11 is 6.01. The van der Waals surface area contributed by atoms with Crippen molar-refractivity contribution < 1.29 is 14.1 Å². The Kier molecular flexibility index (Phi) is 3.50. The minimum absolute atomic E-state index is 0.298. The van der Waals surface area contributed by atoms with Gasteiger partial charge in [0.2, 0.25) is 0 Å². The highest BCUT2D eigenvalue weighted by Crippen LogP contribution is 2.32. The van der Waals surface area contributed by atoms with Gasteiger partial charge in [-0.3, -0.25) is 4.79 Å². The van der Waals surface area contributed by atoms with Crippen molar-refractivity contribution in [2.24, 2.45) is 0 Å². The van der Waals surface area contributed by atoms with Gasteiger partial charge in [0.05, 0.1) is 17.7 Å². The van der Waals surface area contributed by atoms with Crippen LogP contribution in [0.2, 0.25) is 5.02 Å². The minimum atomic E-state index is -0.360. The molecule has 0 unspecified atom stereocenters. The fraction of sp³-hybridized carbons (Fsp3) is 0.0667. The molecule has 0 radical (unpaired) electrons. The second kappa shape index (κ2) is 5.46. The van der Waals surface area contributed by atoms with Gasteiger partial charge >= 0.3 is 0 Å². The fourth-order valence-electron chi connectivity index (χ4n) is 2.04. The van der Waals surface area contributed by atoms with Crippen LogP contribution in [0.15, 0.2) is 47.0 Å². The topological polar surface area (TPSA) is 64.4 Å². The number of hydrogen-bond donors (Lipinski definition) is 1. The monoisotopic (exact) mass is 302 g/mol. The van der Waals surface area contributed by atoms with Crippen molar-refractivity contribution in [1.82, 2.24) is 5.16 Å². The van der Waals surface area contributed by atoms with Crippen molar-refractivity contribution in [2.75, 3.05) is 12.4 Å². The number of nitrogens with zero attached hydrogens (tertiary/aromatic N) is 1. The van der Waals surface area contributed by atoms with Crippen molar-refractivity contribution in [3.05, 3.63) is 53.1 Å². The van der Waals surface area contributed by atoms with Crippen LogP contribution in [0.1, 0.15) is 10.4 Å². The highest BCUT2D eigenvalue weighted by atomic mass is 35.5. The van der Waals surface area contributed by atoms with E-state index >= 15 is 0 Å². The molecule has 3 aromatic rings. The van der Waals surface area contributed by atoms with Gasteiger partial charge in [0.15, 0.2) is 11.4 Å². The molecule has 1 heterocycles. The van der Waals surface area contributed by atoms with Gasteiger partial charge in [-0.15, -0.1) is 0 Å². The number of anilines is 1. The molecule has 0 aliphatic carbocycles. The average molecular weight is 303 g/mol. The first kappa shape index (κ1) is 13.5. The van der Waals surface area contributed by atoms with E-state index in [2.05, 4.69) is 10.5 Å². The van der Waals surface area contributed by atoms with E-state index in [0.29, 0.717) is 33.1 Å². The zero-order chi connectivity index (χ0) is 14.8. The van der Waals surface area contributed by atoms with E-state index in [-0.39, 0.29) is 5.91 Å². The molecular weight excluding hydrogens is 292 g/mol. The minimum Gasteiger partial charge on any atom is -0.496 e. The number of amides is 1. The Balaban J connectivity index is 1.99. The molecule has 0 atom stereocenters. The molecule has 0 fully saturated rings. The van der Waals surface area contributed by atoms with Crippen molar-refractivity contribution >= 4 is 34.3 Å². The third-order valence-electron chi connectivity index (χ3n) is 3.03. The fourth-order valence-corrected chi connectivity index (χ4v) is 2.26. The summed E-state index contributed by atoms with van der Waals surface area (Å²) in [7, 11) is 1.54. The van der Waals surface area contributed by atoms with Crippen LogP contribution in [-0.4, -0.2) is 18.2 Å². The molecule has 0 aliphatic heterocycles. The van der Waals surface area contributed by atoms with Crippen LogP contribution in [0.3, 0.4) is 0 Å². The van der Waals surface area contributed by atoms with E-state index in [0.717, 1.165) is 0 Å². The maximum Gasteiger partial charge on any atom is 0.258 e. The van der Waals surface area contributed by atoms with Crippen LogP contribution in [0.4, 0.5) is 5.82 Å². The molecule has 6 heteroatoms. The molecular formula is C15H11ClN2O3. The number of methoxy groups -OCH3 is 1. The Hall–Kier alpha value is -2.53. The summed E-state index contributed by atoms with van der Waals surface area (Å²) in [6, 6.07) is 12.1. The number of nitrogens with one attached hydrogen (secondary N) is 1. The quantitative estimate of drug-likeness (QED) is 0.800. The molecule has 3 rings (SSSR count). The Bertz CT molecular complexity index is 814. The predicted octanol–water partition coefficient (Wildman–Crippen LogP) is 3.74. The van der Waals surface area contributed by atoms with Crippen LogP contribution in [0.25, 0.3) is 11.0 Å². The van der Waals surface area contributed by atoms with Gasteiger partial charge in [-0.25, -0.2) is 0 Å². The maximum atomic E-state index is 12.3. The van der Waals surface area contributed by atoms with E-state index in [4.69, 9.17) is 20.9 Å². The van der Waals surface area contributed by atoms with Gasteiger partial charge in [-0.2, -0.15) is 0 Å². The zero-order valence-electron chi connectivity index (χ0n) is 11.1. The number of rotatable bonds is 3. The van der Waals surface area contributed by atoms with Gasteiger partial charge in [-0.1, -0.05) is 35.0 Å². The number of hydrogen-bond acceptors (Lipinski definition) is 4. The second-order valence-corrected chi connectivity index (χ2v) is 4.71. The standard InChI is InChI=1S/C15H11ClN2O3/c1-20-11-7-4-8-12-13(11)14(18-21-12)17-15(19)9-5-2-3-6-10(9)16/h2-8H,1H3,(H,17,18,19). The maximum absolute atomic E-state index is 12.3. The summed E-state index contributed by atoms with van der Waals surface area (Å²) in [6.07, 6.45) is 0. The molecule has 0 saturated carbocycles. The number of carbonyl (C=O) groups excluding carboxylic acids is 1. The smallest absolute Gasteiger partial charge is 0.258 e. The van der Waals surface area contributed by atoms with E-state index in [1.54, 1.807) is 49.6 Å². The molecule has 0 bridgehead atoms. The summed E-state index contributed by atoms with van der Waals surface area (Å²) in [5.41, 5.74) is 0.897. The SMILES string of the molecule is COc1cccc2onc(NC(=O)c3ccccc3Cl)c12. The molecule has 5 nitrogen and oxygen atoms in total. The lowest BCUT2D eigenvalue weighted by atomic mass is 10.2. The van der Waals surface area contributed by atoms with E-state index < -0.39 is 0 Å². The first-order valence-electron chi connectivity index (χ1n) is 6.19. The van der Waals surface area contributed by atoms with Crippen molar-refractivity contribution in [3.63, 3.8) is 0 Å². The third kappa shape index (κ3) is 2.43. The highest BCUT2D eigenvalue weighted by Gasteiger charge is 2.17. The largest absolute Gasteiger partial charge is 0.496 e. The summed E-state index contributed by atoms with van der Waals surface area (Å²) < 4.78 is 10.4. The van der Waals surface area contributed by atoms with E-state index in [1.165, 1.54) is 0 Å². The van der Waals surface area contributed by atoms with Crippen molar-refractivity contribution in [3.8, 4) is 5.75 Å². The number of carbonyl (C=O) groups is 1. The highest BCUT2D eigenvalue weighted by molar-refractivity contribution is 6.34. The lowest BCUT2D eigenvalue weighted by Crippen LogP contribution is -2.12. The van der Waals surface area contributed by atoms with Crippen LogP contribution in [0, 0.1) is 0 Å². The van der Waals surface area contributed by atoms with Gasteiger partial charge in [0.1, 0.15) is 11.1 Å². The molecule has 21 heavy (non-hydrogen) atoms. The van der Waals surface area contributed by atoms with Crippen LogP contribution in [-0.2, 0) is 0 Å². The lowest BCUT2D eigenvalue weighted by Gasteiger charge is -2.05. The molecule has 2 aromatic carbocycles. The lowest BCUT2D eigenvalue weighted by molar-refractivity contribution is 0.102. The molecule has 0 saturated heterocycles. The van der Waals surface area contributed by atoms with Gasteiger partial charge < -0.3 is 14.6 Å². The second-order valence-electron chi connectivity index (χ2n) is 4.30. The Morgan fingerprint density at radius 3 is 2.81 bits per heavy atom. The zero-order valence-corrected chi connectivity index (χ0v) is 11.8. The number of benzene rings is 2. The molecule has 1 amide bonds. The molecule has 1 aromatic heterocycles. The van der Waals surface area contributed by atoms with Crippen molar-refractivity contribution in [1.29, 1.82) is 0 Å². The van der Waals surface area contributed by atoms with Crippen LogP contribution >= 0.6 is 11.6 Å². The van der Waals surface area contributed by atoms with E-state index in [9.17, 15) is 4.79 Å². The van der Waals surface area contributed by atoms with E-state index in [1.807, 2.05) is 0 Å². The molecule has 0 aliphatic rings. The Morgan fingerprint density at radius 1 is 1.24 bits per heavy atom. The molecule has 1 N–H and O–H groups in total. The predicted molar refractivity (Wildman–Crippen MR) is 80.0 cm³/mol. The number of fused-ring (bicyclic) bond motifs is 1. The van der Waals surface area contributed by atoms with Crippen LogP contribution in [0.5, 0.6) is 5.75 Å². The first-order chi connectivity index (χ1) is 10.2. The molecule has 0 spiro atoms. The Morgan fingerprint density at radius 2 is 2.05 bits per heavy atom. The van der Waals surface area contributed by atoms with Crippen LogP contribution < -0.4 is 10.1 Å². The van der Waals surface area contributed by atoms with Gasteiger partial charge in [-0.05, 0) is 24.3 Å². The average Bonchev–Trinajstić information content (AvgIpc) is 2.91.